The number of hydrogen-bond donors (Lipinski definition) is 3. The molecule has 1 saturated carbocycles. The summed E-state index contributed by atoms with van der Waals surface area (Å²) in [4.78, 5) is 36.2. The van der Waals surface area contributed by atoms with Gasteiger partial charge in [-0.3, -0.25) is 9.59 Å². The highest BCUT2D eigenvalue weighted by molar-refractivity contribution is 5.80. The normalized spacial score (nSPS) is 17.0. The van der Waals surface area contributed by atoms with Crippen molar-refractivity contribution in [2.45, 2.75) is 62.9 Å². The number of carbonyl (C=O) groups is 3. The first-order valence-corrected chi connectivity index (χ1v) is 11.5. The van der Waals surface area contributed by atoms with Gasteiger partial charge in [-0.15, -0.1) is 0 Å². The summed E-state index contributed by atoms with van der Waals surface area (Å²) in [6, 6.07) is 15.9. The molecular formula is C26H30N2O5. The molecule has 0 bridgehead atoms. The molecule has 2 aliphatic carbocycles. The lowest BCUT2D eigenvalue weighted by molar-refractivity contribution is -0.137. The van der Waals surface area contributed by atoms with Gasteiger partial charge < -0.3 is 20.5 Å². The van der Waals surface area contributed by atoms with Crippen LogP contribution in [0.4, 0.5) is 4.79 Å². The van der Waals surface area contributed by atoms with Crippen molar-refractivity contribution in [2.24, 2.45) is 0 Å². The molecule has 2 aromatic carbocycles. The first-order valence-electron chi connectivity index (χ1n) is 11.5. The Morgan fingerprint density at radius 1 is 1.03 bits per heavy atom. The Morgan fingerprint density at radius 2 is 1.61 bits per heavy atom. The molecule has 1 atom stereocenters. The number of rotatable bonds is 8. The molecule has 1 unspecified atom stereocenters. The molecule has 7 heteroatoms. The summed E-state index contributed by atoms with van der Waals surface area (Å²) >= 11 is 0. The highest BCUT2D eigenvalue weighted by atomic mass is 16.5. The minimum absolute atomic E-state index is 0.0251. The molecule has 2 aliphatic rings. The standard InChI is InChI=1S/C26H30N2O5/c1-17(14-24(30)31)27-23(29)15-26(12-6-7-13-26)28-25(32)33-16-22-20-10-4-2-8-18(20)19-9-3-5-11-21(19)22/h2-5,8-11,17,22H,6-7,12-16H2,1H3,(H,27,29)(H,28,32)(H,30,31). The molecule has 0 saturated heterocycles. The summed E-state index contributed by atoms with van der Waals surface area (Å²) < 4.78 is 5.68. The zero-order valence-electron chi connectivity index (χ0n) is 18.8. The molecule has 2 amide bonds. The van der Waals surface area contributed by atoms with Gasteiger partial charge in [-0.25, -0.2) is 4.79 Å². The number of benzene rings is 2. The second-order valence-electron chi connectivity index (χ2n) is 9.18. The minimum Gasteiger partial charge on any atom is -0.481 e. The van der Waals surface area contributed by atoms with Gasteiger partial charge in [-0.1, -0.05) is 61.4 Å². The second-order valence-corrected chi connectivity index (χ2v) is 9.18. The van der Waals surface area contributed by atoms with Crippen LogP contribution in [0.15, 0.2) is 48.5 Å². The third-order valence-electron chi connectivity index (χ3n) is 6.66. The predicted molar refractivity (Wildman–Crippen MR) is 124 cm³/mol. The number of carboxylic acid groups (broad SMARTS) is 1. The number of aliphatic carboxylic acids is 1. The van der Waals surface area contributed by atoms with Crippen molar-refractivity contribution < 1.29 is 24.2 Å². The van der Waals surface area contributed by atoms with Crippen LogP contribution in [0.1, 0.15) is 62.5 Å². The minimum atomic E-state index is -0.963. The smallest absolute Gasteiger partial charge is 0.407 e. The van der Waals surface area contributed by atoms with Crippen molar-refractivity contribution in [3.8, 4) is 11.1 Å². The van der Waals surface area contributed by atoms with Gasteiger partial charge in [0.1, 0.15) is 6.61 Å². The maximum Gasteiger partial charge on any atom is 0.407 e. The van der Waals surface area contributed by atoms with E-state index >= 15 is 0 Å². The number of carbonyl (C=O) groups excluding carboxylic acids is 2. The first-order chi connectivity index (χ1) is 15.9. The lowest BCUT2D eigenvalue weighted by Gasteiger charge is -2.30. The maximum absolute atomic E-state index is 12.8. The quantitative estimate of drug-likeness (QED) is 0.559. The molecule has 1 fully saturated rings. The van der Waals surface area contributed by atoms with Crippen LogP contribution in [0.2, 0.25) is 0 Å². The highest BCUT2D eigenvalue weighted by Crippen LogP contribution is 2.44. The van der Waals surface area contributed by atoms with Crippen molar-refractivity contribution in [1.29, 1.82) is 0 Å². The summed E-state index contributed by atoms with van der Waals surface area (Å²) in [7, 11) is 0. The van der Waals surface area contributed by atoms with E-state index in [9.17, 15) is 14.4 Å². The largest absolute Gasteiger partial charge is 0.481 e. The van der Waals surface area contributed by atoms with Crippen LogP contribution in [0.3, 0.4) is 0 Å². The van der Waals surface area contributed by atoms with Crippen LogP contribution < -0.4 is 10.6 Å². The molecule has 4 rings (SSSR count). The van der Waals surface area contributed by atoms with Gasteiger partial charge in [-0.2, -0.15) is 0 Å². The molecule has 33 heavy (non-hydrogen) atoms. The Hall–Kier alpha value is -3.35. The second kappa shape index (κ2) is 9.65. The van der Waals surface area contributed by atoms with Crippen molar-refractivity contribution in [3.63, 3.8) is 0 Å². The first kappa shape index (κ1) is 22.8. The fourth-order valence-electron chi connectivity index (χ4n) is 5.19. The van der Waals surface area contributed by atoms with E-state index < -0.39 is 23.6 Å². The molecule has 0 aliphatic heterocycles. The summed E-state index contributed by atoms with van der Waals surface area (Å²) in [6.45, 7) is 1.88. The molecule has 0 radical (unpaired) electrons. The Labute approximate surface area is 193 Å². The number of hydrogen-bond acceptors (Lipinski definition) is 4. The van der Waals surface area contributed by atoms with Gasteiger partial charge in [0, 0.05) is 18.4 Å². The Morgan fingerprint density at radius 3 is 2.18 bits per heavy atom. The Kier molecular flexibility index (Phi) is 6.67. The highest BCUT2D eigenvalue weighted by Gasteiger charge is 2.38. The van der Waals surface area contributed by atoms with Gasteiger partial charge in [0.05, 0.1) is 12.0 Å². The van der Waals surface area contributed by atoms with Crippen LogP contribution in [0.25, 0.3) is 11.1 Å². The number of carboxylic acids is 1. The molecule has 0 heterocycles. The van der Waals surface area contributed by atoms with E-state index in [1.807, 2.05) is 24.3 Å². The maximum atomic E-state index is 12.8. The van der Waals surface area contributed by atoms with Crippen molar-refractivity contribution in [3.05, 3.63) is 59.7 Å². The predicted octanol–water partition coefficient (Wildman–Crippen LogP) is 4.21. The summed E-state index contributed by atoms with van der Waals surface area (Å²) in [6.07, 6.45) is 2.67. The lowest BCUT2D eigenvalue weighted by Crippen LogP contribution is -2.50. The average molecular weight is 451 g/mol. The lowest BCUT2D eigenvalue weighted by atomic mass is 9.92. The van der Waals surface area contributed by atoms with Crippen LogP contribution in [0, 0.1) is 0 Å². The van der Waals surface area contributed by atoms with Crippen LogP contribution in [-0.2, 0) is 14.3 Å². The van der Waals surface area contributed by atoms with Crippen LogP contribution in [-0.4, -0.2) is 41.3 Å². The van der Waals surface area contributed by atoms with Gasteiger partial charge >= 0.3 is 12.1 Å². The number of amides is 2. The number of nitrogens with one attached hydrogen (secondary N) is 2. The molecule has 174 valence electrons. The van der Waals surface area contributed by atoms with E-state index in [1.54, 1.807) is 6.92 Å². The van der Waals surface area contributed by atoms with Gasteiger partial charge in [0.25, 0.3) is 0 Å². The van der Waals surface area contributed by atoms with Crippen molar-refractivity contribution in [1.82, 2.24) is 10.6 Å². The van der Waals surface area contributed by atoms with E-state index in [2.05, 4.69) is 34.9 Å². The van der Waals surface area contributed by atoms with E-state index in [1.165, 1.54) is 11.1 Å². The fraction of sp³-hybridized carbons (Fsp3) is 0.423. The molecule has 7 nitrogen and oxygen atoms in total. The summed E-state index contributed by atoms with van der Waals surface area (Å²) in [5.74, 6) is -1.25. The molecule has 0 spiro atoms. The van der Waals surface area contributed by atoms with E-state index in [0.717, 1.165) is 24.0 Å². The zero-order chi connectivity index (χ0) is 23.4. The van der Waals surface area contributed by atoms with E-state index in [0.29, 0.717) is 12.8 Å². The van der Waals surface area contributed by atoms with Crippen LogP contribution in [0.5, 0.6) is 0 Å². The zero-order valence-corrected chi connectivity index (χ0v) is 18.8. The van der Waals surface area contributed by atoms with Gasteiger partial charge in [-0.05, 0) is 42.0 Å². The number of fused-ring (bicyclic) bond motifs is 3. The fourth-order valence-corrected chi connectivity index (χ4v) is 5.19. The molecule has 2 aromatic rings. The average Bonchev–Trinajstić information content (AvgIpc) is 3.34. The Balaban J connectivity index is 1.38. The van der Waals surface area contributed by atoms with Gasteiger partial charge in [0.2, 0.25) is 5.91 Å². The molecule has 0 aromatic heterocycles. The Bertz CT molecular complexity index is 999. The third kappa shape index (κ3) is 5.18. The molecule has 3 N–H and O–H groups in total. The van der Waals surface area contributed by atoms with Crippen molar-refractivity contribution >= 4 is 18.0 Å². The molecular weight excluding hydrogens is 420 g/mol. The van der Waals surface area contributed by atoms with E-state index in [-0.39, 0.29) is 31.3 Å². The third-order valence-corrected chi connectivity index (χ3v) is 6.66. The number of ether oxygens (including phenoxy) is 1. The SMILES string of the molecule is CC(CC(=O)O)NC(=O)CC1(NC(=O)OCC2c3ccccc3-c3ccccc32)CCCC1. The monoisotopic (exact) mass is 450 g/mol. The van der Waals surface area contributed by atoms with Crippen LogP contribution >= 0.6 is 0 Å². The topological polar surface area (TPSA) is 105 Å². The summed E-state index contributed by atoms with van der Waals surface area (Å²) in [5.41, 5.74) is 3.97. The summed E-state index contributed by atoms with van der Waals surface area (Å²) in [5, 5.41) is 14.6. The van der Waals surface area contributed by atoms with Crippen molar-refractivity contribution in [2.75, 3.05) is 6.61 Å². The van der Waals surface area contributed by atoms with E-state index in [4.69, 9.17) is 9.84 Å². The number of alkyl carbamates (subject to hydrolysis) is 1. The van der Waals surface area contributed by atoms with Gasteiger partial charge in [0.15, 0.2) is 0 Å².